The molecule has 0 bridgehead atoms. The van der Waals surface area contributed by atoms with Gasteiger partial charge in [0.05, 0.1) is 0 Å². The molecule has 2 nitrogen and oxygen atoms in total. The highest BCUT2D eigenvalue weighted by Crippen LogP contribution is 2.23. The lowest BCUT2D eigenvalue weighted by Crippen LogP contribution is -2.44. The van der Waals surface area contributed by atoms with Gasteiger partial charge in [0, 0.05) is 6.04 Å². The van der Waals surface area contributed by atoms with Crippen molar-refractivity contribution in [3.8, 4) is 0 Å². The number of nitrogens with zero attached hydrogens (tertiary/aromatic N) is 1. The van der Waals surface area contributed by atoms with Crippen LogP contribution in [-0.4, -0.2) is 37.1 Å². The molecule has 0 aromatic rings. The van der Waals surface area contributed by atoms with Crippen LogP contribution in [0.3, 0.4) is 0 Å². The second-order valence-electron chi connectivity index (χ2n) is 7.19. The lowest BCUT2D eigenvalue weighted by atomic mass is 9.84. The summed E-state index contributed by atoms with van der Waals surface area (Å²) in [5.74, 6) is 0.942. The molecular weight excluding hydrogens is 220 g/mol. The van der Waals surface area contributed by atoms with Crippen molar-refractivity contribution >= 4 is 0 Å². The maximum atomic E-state index is 3.73. The molecule has 0 saturated carbocycles. The molecule has 1 N–H and O–H groups in total. The van der Waals surface area contributed by atoms with Crippen LogP contribution in [0.2, 0.25) is 0 Å². The van der Waals surface area contributed by atoms with Crippen molar-refractivity contribution in [2.24, 2.45) is 11.3 Å². The van der Waals surface area contributed by atoms with Crippen molar-refractivity contribution in [3.63, 3.8) is 0 Å². The van der Waals surface area contributed by atoms with Gasteiger partial charge in [-0.2, -0.15) is 0 Å². The zero-order valence-electron chi connectivity index (χ0n) is 13.3. The van der Waals surface area contributed by atoms with Gasteiger partial charge in [-0.15, -0.1) is 0 Å². The summed E-state index contributed by atoms with van der Waals surface area (Å²) in [6.07, 6.45) is 5.30. The zero-order valence-corrected chi connectivity index (χ0v) is 13.3. The SMILES string of the molecule is CCCNC(CCN1CCC(C)CC1)C(C)(C)C. The van der Waals surface area contributed by atoms with Crippen molar-refractivity contribution in [2.45, 2.75) is 66.3 Å². The zero-order chi connectivity index (χ0) is 13.6. The third kappa shape index (κ3) is 5.71. The maximum absolute atomic E-state index is 3.73. The summed E-state index contributed by atoms with van der Waals surface area (Å²) in [6.45, 7) is 16.8. The predicted octanol–water partition coefficient (Wildman–Crippen LogP) is 3.52. The van der Waals surface area contributed by atoms with E-state index >= 15 is 0 Å². The van der Waals surface area contributed by atoms with Gasteiger partial charge in [-0.3, -0.25) is 0 Å². The number of likely N-dealkylation sites (tertiary alicyclic amines) is 1. The Morgan fingerprint density at radius 1 is 1.22 bits per heavy atom. The van der Waals surface area contributed by atoms with Crippen LogP contribution < -0.4 is 5.32 Å². The Hall–Kier alpha value is -0.0800. The monoisotopic (exact) mass is 254 g/mol. The molecule has 0 aromatic heterocycles. The summed E-state index contributed by atoms with van der Waals surface area (Å²) in [5, 5.41) is 3.73. The first-order valence-electron chi connectivity index (χ1n) is 7.89. The third-order valence-corrected chi connectivity index (χ3v) is 4.30. The van der Waals surface area contributed by atoms with Crippen molar-refractivity contribution in [1.82, 2.24) is 10.2 Å². The van der Waals surface area contributed by atoms with E-state index in [-0.39, 0.29) is 0 Å². The summed E-state index contributed by atoms with van der Waals surface area (Å²) >= 11 is 0. The molecule has 0 aromatic carbocycles. The van der Waals surface area contributed by atoms with Crippen LogP contribution in [0.4, 0.5) is 0 Å². The van der Waals surface area contributed by atoms with Gasteiger partial charge in [-0.1, -0.05) is 34.6 Å². The normalized spacial score (nSPS) is 21.2. The molecule has 0 aliphatic carbocycles. The highest BCUT2D eigenvalue weighted by Gasteiger charge is 2.25. The van der Waals surface area contributed by atoms with Gasteiger partial charge >= 0.3 is 0 Å². The van der Waals surface area contributed by atoms with Crippen LogP contribution in [0.5, 0.6) is 0 Å². The standard InChI is InChI=1S/C16H34N2/c1-6-10-17-15(16(3,4)5)9-13-18-11-7-14(2)8-12-18/h14-15,17H,6-13H2,1-5H3. The number of hydrogen-bond acceptors (Lipinski definition) is 2. The highest BCUT2D eigenvalue weighted by atomic mass is 15.1. The smallest absolute Gasteiger partial charge is 0.0128 e. The Morgan fingerprint density at radius 2 is 1.83 bits per heavy atom. The van der Waals surface area contributed by atoms with E-state index < -0.39 is 0 Å². The van der Waals surface area contributed by atoms with E-state index in [4.69, 9.17) is 0 Å². The van der Waals surface area contributed by atoms with E-state index in [0.717, 1.165) is 12.5 Å². The number of hydrogen-bond donors (Lipinski definition) is 1. The van der Waals surface area contributed by atoms with Gasteiger partial charge in [0.15, 0.2) is 0 Å². The molecule has 108 valence electrons. The Bertz CT molecular complexity index is 212. The van der Waals surface area contributed by atoms with Crippen LogP contribution in [0.25, 0.3) is 0 Å². The van der Waals surface area contributed by atoms with Gasteiger partial charge < -0.3 is 10.2 Å². The van der Waals surface area contributed by atoms with Gasteiger partial charge in [0.25, 0.3) is 0 Å². The minimum atomic E-state index is 0.373. The average Bonchev–Trinajstić information content (AvgIpc) is 2.30. The molecule has 2 heteroatoms. The first-order valence-corrected chi connectivity index (χ1v) is 7.89. The van der Waals surface area contributed by atoms with E-state index in [2.05, 4.69) is 44.8 Å². The third-order valence-electron chi connectivity index (χ3n) is 4.30. The molecule has 1 fully saturated rings. The summed E-state index contributed by atoms with van der Waals surface area (Å²) < 4.78 is 0. The van der Waals surface area contributed by atoms with Crippen LogP contribution in [0.15, 0.2) is 0 Å². The van der Waals surface area contributed by atoms with Crippen molar-refractivity contribution in [2.75, 3.05) is 26.2 Å². The first-order chi connectivity index (χ1) is 8.43. The average molecular weight is 254 g/mol. The fourth-order valence-electron chi connectivity index (χ4n) is 2.76. The van der Waals surface area contributed by atoms with Crippen molar-refractivity contribution in [3.05, 3.63) is 0 Å². The second-order valence-corrected chi connectivity index (χ2v) is 7.19. The topological polar surface area (TPSA) is 15.3 Å². The fourth-order valence-corrected chi connectivity index (χ4v) is 2.76. The molecule has 1 heterocycles. The molecule has 1 unspecified atom stereocenters. The van der Waals surface area contributed by atoms with Crippen LogP contribution in [0, 0.1) is 11.3 Å². The lowest BCUT2D eigenvalue weighted by Gasteiger charge is -2.35. The predicted molar refractivity (Wildman–Crippen MR) is 81.0 cm³/mol. The molecule has 1 atom stereocenters. The first kappa shape index (κ1) is 16.0. The summed E-state index contributed by atoms with van der Waals surface area (Å²) in [5.41, 5.74) is 0.373. The van der Waals surface area contributed by atoms with Crippen LogP contribution >= 0.6 is 0 Å². The number of rotatable bonds is 6. The highest BCUT2D eigenvalue weighted by molar-refractivity contribution is 4.82. The van der Waals surface area contributed by atoms with Gasteiger partial charge in [0.1, 0.15) is 0 Å². The summed E-state index contributed by atoms with van der Waals surface area (Å²) in [7, 11) is 0. The van der Waals surface area contributed by atoms with Gasteiger partial charge in [0.2, 0.25) is 0 Å². The van der Waals surface area contributed by atoms with E-state index in [1.807, 2.05) is 0 Å². The molecule has 18 heavy (non-hydrogen) atoms. The molecule has 1 aliphatic rings. The molecular formula is C16H34N2. The molecule has 1 rings (SSSR count). The Morgan fingerprint density at radius 3 is 2.33 bits per heavy atom. The molecule has 0 amide bonds. The van der Waals surface area contributed by atoms with E-state index in [0.29, 0.717) is 11.5 Å². The molecule has 0 radical (unpaired) electrons. The van der Waals surface area contributed by atoms with E-state index in [1.54, 1.807) is 0 Å². The Balaban J connectivity index is 2.32. The lowest BCUT2D eigenvalue weighted by molar-refractivity contribution is 0.164. The minimum Gasteiger partial charge on any atom is -0.313 e. The van der Waals surface area contributed by atoms with E-state index in [1.165, 1.54) is 45.3 Å². The molecule has 1 aliphatic heterocycles. The molecule has 0 spiro atoms. The summed E-state index contributed by atoms with van der Waals surface area (Å²) in [4.78, 5) is 2.66. The minimum absolute atomic E-state index is 0.373. The van der Waals surface area contributed by atoms with Crippen molar-refractivity contribution < 1.29 is 0 Å². The molecule has 1 saturated heterocycles. The Labute approximate surface area is 115 Å². The van der Waals surface area contributed by atoms with E-state index in [9.17, 15) is 0 Å². The maximum Gasteiger partial charge on any atom is 0.0128 e. The van der Waals surface area contributed by atoms with Crippen molar-refractivity contribution in [1.29, 1.82) is 0 Å². The summed E-state index contributed by atoms with van der Waals surface area (Å²) in [6, 6.07) is 0.650. The quantitative estimate of drug-likeness (QED) is 0.780. The van der Waals surface area contributed by atoms with Crippen LogP contribution in [0.1, 0.15) is 60.3 Å². The van der Waals surface area contributed by atoms with Gasteiger partial charge in [-0.25, -0.2) is 0 Å². The largest absolute Gasteiger partial charge is 0.313 e. The van der Waals surface area contributed by atoms with Gasteiger partial charge in [-0.05, 0) is 63.2 Å². The van der Waals surface area contributed by atoms with Crippen LogP contribution in [-0.2, 0) is 0 Å². The Kier molecular flexibility index (Phi) is 6.65. The fraction of sp³-hybridized carbons (Fsp3) is 1.00. The number of nitrogens with one attached hydrogen (secondary N) is 1. The number of piperidine rings is 1. The second kappa shape index (κ2) is 7.49.